The highest BCUT2D eigenvalue weighted by Crippen LogP contribution is 1.91. The minimum absolute atomic E-state index is 0.0234. The van der Waals surface area contributed by atoms with E-state index in [9.17, 15) is 4.79 Å². The molecule has 0 fully saturated rings. The summed E-state index contributed by atoms with van der Waals surface area (Å²) in [5, 5.41) is 2.89. The minimum Gasteiger partial charge on any atom is -0.382 e. The number of nitrogens with one attached hydrogen (secondary N) is 1. The molecule has 0 atom stereocenters. The molecule has 1 N–H and O–H groups in total. The zero-order chi connectivity index (χ0) is 12.9. The number of hydrogen-bond donors (Lipinski definition) is 1. The van der Waals surface area contributed by atoms with E-state index >= 15 is 0 Å². The van der Waals surface area contributed by atoms with Crippen LogP contribution in [0.1, 0.15) is 26.7 Å². The van der Waals surface area contributed by atoms with Gasteiger partial charge in [-0.15, -0.1) is 0 Å². The van der Waals surface area contributed by atoms with Crippen LogP contribution in [0.15, 0.2) is 0 Å². The van der Waals surface area contributed by atoms with E-state index in [1.54, 1.807) is 12.0 Å². The molecule has 0 aromatic heterocycles. The van der Waals surface area contributed by atoms with Crippen molar-refractivity contribution in [2.75, 3.05) is 46.6 Å². The Bertz CT molecular complexity index is 185. The summed E-state index contributed by atoms with van der Waals surface area (Å²) in [6.45, 7) is 8.18. The predicted molar refractivity (Wildman–Crippen MR) is 68.2 cm³/mol. The largest absolute Gasteiger partial charge is 0.382 e. The first-order chi connectivity index (χ1) is 8.26. The molecule has 0 aromatic carbocycles. The summed E-state index contributed by atoms with van der Waals surface area (Å²) < 4.78 is 10.2. The first-order valence-corrected chi connectivity index (χ1v) is 6.35. The van der Waals surface area contributed by atoms with Gasteiger partial charge >= 0.3 is 6.03 Å². The summed E-state index contributed by atoms with van der Waals surface area (Å²) in [7, 11) is 1.66. The van der Waals surface area contributed by atoms with Gasteiger partial charge in [-0.3, -0.25) is 0 Å². The lowest BCUT2D eigenvalue weighted by molar-refractivity contribution is 0.0688. The second-order valence-corrected chi connectivity index (χ2v) is 3.72. The minimum atomic E-state index is 0.0234. The van der Waals surface area contributed by atoms with Gasteiger partial charge in [0.2, 0.25) is 0 Å². The maximum absolute atomic E-state index is 11.5. The van der Waals surface area contributed by atoms with Gasteiger partial charge in [0.05, 0.1) is 13.2 Å². The average Bonchev–Trinajstić information content (AvgIpc) is 2.34. The van der Waals surface area contributed by atoms with E-state index in [1.165, 1.54) is 0 Å². The van der Waals surface area contributed by atoms with Gasteiger partial charge in [-0.25, -0.2) is 4.79 Å². The summed E-state index contributed by atoms with van der Waals surface area (Å²) >= 11 is 0. The van der Waals surface area contributed by atoms with Crippen LogP contribution < -0.4 is 5.32 Å². The Kier molecular flexibility index (Phi) is 11.1. The second kappa shape index (κ2) is 11.7. The Balaban J connectivity index is 3.30. The lowest BCUT2D eigenvalue weighted by Crippen LogP contribution is -2.40. The van der Waals surface area contributed by atoms with Crippen LogP contribution in [0, 0.1) is 0 Å². The van der Waals surface area contributed by atoms with Gasteiger partial charge in [0.25, 0.3) is 0 Å². The average molecular weight is 246 g/mol. The van der Waals surface area contributed by atoms with Crippen molar-refractivity contribution in [3.63, 3.8) is 0 Å². The highest BCUT2D eigenvalue weighted by Gasteiger charge is 2.06. The Morgan fingerprint density at radius 3 is 2.41 bits per heavy atom. The van der Waals surface area contributed by atoms with Gasteiger partial charge in [-0.1, -0.05) is 0 Å². The van der Waals surface area contributed by atoms with Crippen molar-refractivity contribution < 1.29 is 14.3 Å². The molecule has 5 heteroatoms. The van der Waals surface area contributed by atoms with E-state index in [-0.39, 0.29) is 6.03 Å². The summed E-state index contributed by atoms with van der Waals surface area (Å²) in [4.78, 5) is 13.3. The zero-order valence-electron chi connectivity index (χ0n) is 11.3. The lowest BCUT2D eigenvalue weighted by atomic mass is 10.3. The summed E-state index contributed by atoms with van der Waals surface area (Å²) in [5.41, 5.74) is 0. The molecule has 0 aliphatic rings. The molecular weight excluding hydrogens is 220 g/mol. The monoisotopic (exact) mass is 246 g/mol. The summed E-state index contributed by atoms with van der Waals surface area (Å²) in [5.74, 6) is 0. The van der Waals surface area contributed by atoms with Crippen LogP contribution >= 0.6 is 0 Å². The molecular formula is C12H26N2O3. The molecule has 0 radical (unpaired) electrons. The van der Waals surface area contributed by atoms with Crippen molar-refractivity contribution in [3.8, 4) is 0 Å². The highest BCUT2D eigenvalue weighted by molar-refractivity contribution is 5.73. The van der Waals surface area contributed by atoms with E-state index in [0.717, 1.165) is 32.5 Å². The molecule has 102 valence electrons. The van der Waals surface area contributed by atoms with Gasteiger partial charge in [-0.05, 0) is 26.7 Å². The molecule has 0 unspecified atom stereocenters. The molecule has 0 rings (SSSR count). The highest BCUT2D eigenvalue weighted by atomic mass is 16.5. The normalized spacial score (nSPS) is 10.3. The second-order valence-electron chi connectivity index (χ2n) is 3.72. The molecule has 0 bridgehead atoms. The van der Waals surface area contributed by atoms with E-state index < -0.39 is 0 Å². The fraction of sp³-hybridized carbons (Fsp3) is 0.917. The van der Waals surface area contributed by atoms with Gasteiger partial charge in [0.1, 0.15) is 0 Å². The molecule has 0 saturated carbocycles. The first kappa shape index (κ1) is 16.2. The fourth-order valence-corrected chi connectivity index (χ4v) is 1.39. The lowest BCUT2D eigenvalue weighted by Gasteiger charge is -2.19. The third-order valence-corrected chi connectivity index (χ3v) is 2.47. The number of rotatable bonds is 10. The Morgan fingerprint density at radius 2 is 1.82 bits per heavy atom. The summed E-state index contributed by atoms with van der Waals surface area (Å²) in [6.07, 6.45) is 1.90. The van der Waals surface area contributed by atoms with E-state index in [2.05, 4.69) is 5.32 Å². The van der Waals surface area contributed by atoms with Crippen LogP contribution in [0.4, 0.5) is 4.79 Å². The zero-order valence-corrected chi connectivity index (χ0v) is 11.3. The van der Waals surface area contributed by atoms with Crippen LogP contribution in [0.5, 0.6) is 0 Å². The third kappa shape index (κ3) is 8.94. The molecule has 0 saturated heterocycles. The first-order valence-electron chi connectivity index (χ1n) is 6.35. The van der Waals surface area contributed by atoms with Crippen LogP contribution in [0.2, 0.25) is 0 Å². The molecule has 0 aromatic rings. The van der Waals surface area contributed by atoms with Gasteiger partial charge in [0.15, 0.2) is 0 Å². The van der Waals surface area contributed by atoms with Crippen molar-refractivity contribution in [3.05, 3.63) is 0 Å². The molecule has 0 heterocycles. The number of methoxy groups -OCH3 is 1. The summed E-state index contributed by atoms with van der Waals surface area (Å²) in [6, 6.07) is 0.0234. The maximum Gasteiger partial charge on any atom is 0.317 e. The van der Waals surface area contributed by atoms with E-state index in [4.69, 9.17) is 9.47 Å². The maximum atomic E-state index is 11.5. The SMILES string of the molecule is CCN(CC)C(=O)NCCCCOCCOC. The molecule has 17 heavy (non-hydrogen) atoms. The van der Waals surface area contributed by atoms with Crippen molar-refractivity contribution in [2.45, 2.75) is 26.7 Å². The molecule has 0 aliphatic carbocycles. The molecule has 0 aliphatic heterocycles. The van der Waals surface area contributed by atoms with Crippen molar-refractivity contribution in [2.24, 2.45) is 0 Å². The number of carbonyl (C=O) groups excluding carboxylic acids is 1. The number of carbonyl (C=O) groups is 1. The number of nitrogens with zero attached hydrogens (tertiary/aromatic N) is 1. The van der Waals surface area contributed by atoms with Gasteiger partial charge < -0.3 is 19.7 Å². The number of amides is 2. The standard InChI is InChI=1S/C12H26N2O3/c1-4-14(5-2)12(15)13-8-6-7-9-17-11-10-16-3/h4-11H2,1-3H3,(H,13,15). The predicted octanol–water partition coefficient (Wildman–Crippen LogP) is 1.48. The van der Waals surface area contributed by atoms with Crippen molar-refractivity contribution >= 4 is 6.03 Å². The Labute approximate surface area is 104 Å². The Morgan fingerprint density at radius 1 is 1.12 bits per heavy atom. The van der Waals surface area contributed by atoms with Crippen LogP contribution in [0.3, 0.4) is 0 Å². The molecule has 5 nitrogen and oxygen atoms in total. The number of urea groups is 1. The van der Waals surface area contributed by atoms with Crippen LogP contribution in [-0.4, -0.2) is 57.5 Å². The fourth-order valence-electron chi connectivity index (χ4n) is 1.39. The van der Waals surface area contributed by atoms with Crippen LogP contribution in [0.25, 0.3) is 0 Å². The van der Waals surface area contributed by atoms with Crippen molar-refractivity contribution in [1.29, 1.82) is 0 Å². The molecule has 0 spiro atoms. The smallest absolute Gasteiger partial charge is 0.317 e. The third-order valence-electron chi connectivity index (χ3n) is 2.47. The van der Waals surface area contributed by atoms with Crippen LogP contribution in [-0.2, 0) is 9.47 Å². The Hall–Kier alpha value is -0.810. The quantitative estimate of drug-likeness (QED) is 0.594. The number of hydrogen-bond acceptors (Lipinski definition) is 3. The van der Waals surface area contributed by atoms with E-state index in [1.807, 2.05) is 13.8 Å². The topological polar surface area (TPSA) is 50.8 Å². The number of unbranched alkanes of at least 4 members (excludes halogenated alkanes) is 1. The number of ether oxygens (including phenoxy) is 2. The van der Waals surface area contributed by atoms with E-state index in [0.29, 0.717) is 19.8 Å². The van der Waals surface area contributed by atoms with Gasteiger partial charge in [0, 0.05) is 33.4 Å². The van der Waals surface area contributed by atoms with Crippen molar-refractivity contribution in [1.82, 2.24) is 10.2 Å². The van der Waals surface area contributed by atoms with Gasteiger partial charge in [-0.2, -0.15) is 0 Å². The molecule has 2 amide bonds.